The molecule has 0 saturated carbocycles. The largest absolute Gasteiger partial charge is 0.481 e. The number of carboxylic acids is 1. The molecule has 0 aromatic carbocycles. The van der Waals surface area contributed by atoms with Crippen LogP contribution in [0.5, 0.6) is 0 Å². The van der Waals surface area contributed by atoms with E-state index in [1.165, 1.54) is 69.3 Å². The van der Waals surface area contributed by atoms with Crippen LogP contribution in [0.15, 0.2) is 0 Å². The number of carboxylic acid groups (broad SMARTS) is 1. The van der Waals surface area contributed by atoms with Gasteiger partial charge in [0.05, 0.1) is 6.61 Å². The molecule has 1 aliphatic heterocycles. The molecular weight excluding hydrogens is 320 g/mol. The molecule has 1 rings (SSSR count). The van der Waals surface area contributed by atoms with Crippen LogP contribution in [-0.4, -0.2) is 35.8 Å². The molecule has 0 bridgehead atoms. The molecule has 0 aliphatic carbocycles. The van der Waals surface area contributed by atoms with Crippen molar-refractivity contribution in [2.24, 2.45) is 11.8 Å². The molecule has 1 N–H and O–H groups in total. The van der Waals surface area contributed by atoms with E-state index in [1.54, 1.807) is 0 Å². The van der Waals surface area contributed by atoms with E-state index in [9.17, 15) is 4.79 Å². The molecule has 0 aromatic heterocycles. The second-order valence-corrected chi connectivity index (χ2v) is 8.40. The Morgan fingerprint density at radius 1 is 0.958 bits per heavy atom. The van der Waals surface area contributed by atoms with E-state index in [2.05, 4.69) is 18.7 Å². The van der Waals surface area contributed by atoms with E-state index in [4.69, 9.17) is 9.84 Å². The molecule has 1 fully saturated rings. The van der Waals surface area contributed by atoms with Crippen LogP contribution in [0.3, 0.4) is 0 Å². The van der Waals surface area contributed by atoms with E-state index >= 15 is 0 Å². The Bertz CT molecular complexity index is 309. The molecule has 2 atom stereocenters. The Labute approximate surface area is 153 Å². The molecule has 24 heavy (non-hydrogen) atoms. The van der Waals surface area contributed by atoms with E-state index in [-0.39, 0.29) is 0 Å². The van der Waals surface area contributed by atoms with Gasteiger partial charge in [0.15, 0.2) is 0 Å². The second kappa shape index (κ2) is 15.1. The summed E-state index contributed by atoms with van der Waals surface area (Å²) >= 11 is 2.12. The van der Waals surface area contributed by atoms with Gasteiger partial charge in [-0.2, -0.15) is 11.8 Å². The third kappa shape index (κ3) is 11.4. The highest BCUT2D eigenvalue weighted by Crippen LogP contribution is 2.29. The average Bonchev–Trinajstić information content (AvgIpc) is 3.00. The van der Waals surface area contributed by atoms with Crippen molar-refractivity contribution >= 4 is 17.7 Å². The molecule has 3 nitrogen and oxygen atoms in total. The van der Waals surface area contributed by atoms with Crippen molar-refractivity contribution in [1.82, 2.24) is 0 Å². The lowest BCUT2D eigenvalue weighted by atomic mass is 9.92. The van der Waals surface area contributed by atoms with Gasteiger partial charge < -0.3 is 9.84 Å². The summed E-state index contributed by atoms with van der Waals surface area (Å²) in [6, 6.07) is 0. The van der Waals surface area contributed by atoms with Gasteiger partial charge >= 0.3 is 5.97 Å². The summed E-state index contributed by atoms with van der Waals surface area (Å²) in [5.74, 6) is 3.39. The van der Waals surface area contributed by atoms with Gasteiger partial charge in [-0.15, -0.1) is 0 Å². The number of unbranched alkanes of at least 4 members (excludes halogenated alkanes) is 8. The predicted octanol–water partition coefficient (Wildman–Crippen LogP) is 5.77. The summed E-state index contributed by atoms with van der Waals surface area (Å²) in [4.78, 5) is 10.5. The van der Waals surface area contributed by atoms with Crippen molar-refractivity contribution in [3.05, 3.63) is 0 Å². The summed E-state index contributed by atoms with van der Waals surface area (Å²) < 4.78 is 5.71. The molecule has 0 unspecified atom stereocenters. The second-order valence-electron chi connectivity index (χ2n) is 7.25. The number of aliphatic carboxylic acids is 1. The summed E-state index contributed by atoms with van der Waals surface area (Å²) in [6.45, 7) is 4.16. The van der Waals surface area contributed by atoms with Gasteiger partial charge in [-0.05, 0) is 42.6 Å². The van der Waals surface area contributed by atoms with Crippen LogP contribution in [-0.2, 0) is 9.53 Å². The maximum Gasteiger partial charge on any atom is 0.303 e. The normalized spacial score (nSPS) is 20.5. The van der Waals surface area contributed by atoms with E-state index in [1.807, 2.05) is 0 Å². The minimum Gasteiger partial charge on any atom is -0.481 e. The van der Waals surface area contributed by atoms with Gasteiger partial charge in [0.1, 0.15) is 0 Å². The lowest BCUT2D eigenvalue weighted by molar-refractivity contribution is -0.137. The number of carbonyl (C=O) groups is 1. The minimum atomic E-state index is -0.665. The third-order valence-electron chi connectivity index (χ3n) is 5.02. The first-order chi connectivity index (χ1) is 11.7. The number of rotatable bonds is 16. The average molecular weight is 359 g/mol. The van der Waals surface area contributed by atoms with E-state index < -0.39 is 5.97 Å². The minimum absolute atomic E-state index is 0.324. The Balaban J connectivity index is 1.95. The van der Waals surface area contributed by atoms with E-state index in [0.717, 1.165) is 37.9 Å². The molecule has 0 spiro atoms. The molecule has 1 saturated heterocycles. The highest BCUT2D eigenvalue weighted by Gasteiger charge is 2.27. The molecular formula is C20H38O3S. The van der Waals surface area contributed by atoms with Crippen LogP contribution in [0.25, 0.3) is 0 Å². The smallest absolute Gasteiger partial charge is 0.303 e. The SMILES string of the molecule is CCCCCCCCSC[C@@H]1COC[C@@H]1CCCCCCC(=O)O. The van der Waals surface area contributed by atoms with E-state index in [0.29, 0.717) is 6.42 Å². The van der Waals surface area contributed by atoms with Crippen molar-refractivity contribution in [2.45, 2.75) is 84.0 Å². The Morgan fingerprint density at radius 2 is 1.62 bits per heavy atom. The molecule has 0 radical (unpaired) electrons. The molecule has 1 heterocycles. The van der Waals surface area contributed by atoms with Gasteiger partial charge in [0, 0.05) is 13.0 Å². The van der Waals surface area contributed by atoms with Crippen LogP contribution >= 0.6 is 11.8 Å². The van der Waals surface area contributed by atoms with Gasteiger partial charge in [0.2, 0.25) is 0 Å². The number of hydrogen-bond donors (Lipinski definition) is 1. The van der Waals surface area contributed by atoms with Crippen LogP contribution in [0.1, 0.15) is 84.0 Å². The zero-order valence-corrected chi connectivity index (χ0v) is 16.5. The van der Waals surface area contributed by atoms with Crippen LogP contribution in [0, 0.1) is 11.8 Å². The summed E-state index contributed by atoms with van der Waals surface area (Å²) in [7, 11) is 0. The maximum absolute atomic E-state index is 10.5. The van der Waals surface area contributed by atoms with Crippen LogP contribution < -0.4 is 0 Å². The van der Waals surface area contributed by atoms with Crippen molar-refractivity contribution in [1.29, 1.82) is 0 Å². The van der Waals surface area contributed by atoms with Gasteiger partial charge in [0.25, 0.3) is 0 Å². The maximum atomic E-state index is 10.5. The topological polar surface area (TPSA) is 46.5 Å². The van der Waals surface area contributed by atoms with Gasteiger partial charge in [-0.3, -0.25) is 4.79 Å². The fraction of sp³-hybridized carbons (Fsp3) is 0.950. The lowest BCUT2D eigenvalue weighted by Gasteiger charge is -2.17. The molecule has 142 valence electrons. The predicted molar refractivity (Wildman–Crippen MR) is 104 cm³/mol. The summed E-state index contributed by atoms with van der Waals surface area (Å²) in [5.41, 5.74) is 0. The van der Waals surface area contributed by atoms with Crippen LogP contribution in [0.4, 0.5) is 0 Å². The highest BCUT2D eigenvalue weighted by atomic mass is 32.2. The molecule has 1 aliphatic rings. The van der Waals surface area contributed by atoms with Crippen LogP contribution in [0.2, 0.25) is 0 Å². The number of thioether (sulfide) groups is 1. The van der Waals surface area contributed by atoms with Gasteiger partial charge in [-0.1, -0.05) is 58.3 Å². The summed E-state index contributed by atoms with van der Waals surface area (Å²) in [6.07, 6.45) is 14.2. The van der Waals surface area contributed by atoms with Gasteiger partial charge in [-0.25, -0.2) is 0 Å². The monoisotopic (exact) mass is 358 g/mol. The first kappa shape index (κ1) is 21.8. The fourth-order valence-electron chi connectivity index (χ4n) is 3.40. The quantitative estimate of drug-likeness (QED) is 0.356. The Kier molecular flexibility index (Phi) is 13.7. The van der Waals surface area contributed by atoms with Crippen molar-refractivity contribution in [3.63, 3.8) is 0 Å². The molecule has 0 aromatic rings. The highest BCUT2D eigenvalue weighted by molar-refractivity contribution is 7.99. The van der Waals surface area contributed by atoms with Crippen molar-refractivity contribution < 1.29 is 14.6 Å². The Hall–Kier alpha value is -0.220. The standard InChI is InChI=1S/C20H38O3S/c1-2-3-4-5-8-11-14-24-17-19-16-23-15-18(19)12-9-6-7-10-13-20(21)22/h18-19H,2-17H2,1H3,(H,21,22)/t18-,19-/m0/s1. The molecule has 0 amide bonds. The number of hydrogen-bond acceptors (Lipinski definition) is 3. The first-order valence-corrected chi connectivity index (χ1v) is 11.3. The fourth-order valence-corrected chi connectivity index (χ4v) is 4.65. The lowest BCUT2D eigenvalue weighted by Crippen LogP contribution is -2.15. The summed E-state index contributed by atoms with van der Waals surface area (Å²) in [5, 5.41) is 8.63. The first-order valence-electron chi connectivity index (χ1n) is 10.1. The van der Waals surface area contributed by atoms with Crippen molar-refractivity contribution in [3.8, 4) is 0 Å². The zero-order valence-electron chi connectivity index (χ0n) is 15.6. The van der Waals surface area contributed by atoms with Crippen molar-refractivity contribution in [2.75, 3.05) is 24.7 Å². The zero-order chi connectivity index (χ0) is 17.5. The third-order valence-corrected chi connectivity index (χ3v) is 6.26. The Morgan fingerprint density at radius 3 is 2.42 bits per heavy atom. The molecule has 4 heteroatoms. The number of ether oxygens (including phenoxy) is 1.